The molecule has 0 amide bonds. The van der Waals surface area contributed by atoms with Crippen LogP contribution < -0.4 is 11.1 Å². The van der Waals surface area contributed by atoms with E-state index in [1.165, 1.54) is 28.7 Å². The molecule has 0 aliphatic heterocycles. The molecule has 2 saturated carbocycles. The lowest BCUT2D eigenvalue weighted by atomic mass is 9.66. The predicted octanol–water partition coefficient (Wildman–Crippen LogP) is 6.82. The maximum atomic E-state index is 10.1. The quantitative estimate of drug-likeness (QED) is 0.382. The second kappa shape index (κ2) is 11.1. The first-order chi connectivity index (χ1) is 16.9. The van der Waals surface area contributed by atoms with Crippen LogP contribution in [0.2, 0.25) is 5.02 Å². The molecule has 0 heterocycles. The summed E-state index contributed by atoms with van der Waals surface area (Å²) in [5, 5.41) is 14.4. The van der Waals surface area contributed by atoms with E-state index in [0.717, 1.165) is 48.4 Å². The normalized spacial score (nSPS) is 22.0. The summed E-state index contributed by atoms with van der Waals surface area (Å²) in [7, 11) is 0. The summed E-state index contributed by atoms with van der Waals surface area (Å²) in [4.78, 5) is 4.69. The number of benzene rings is 2. The number of allylic oxidation sites excluding steroid dienone is 2. The molecule has 0 saturated heterocycles. The lowest BCUT2D eigenvalue weighted by Crippen LogP contribution is -2.53. The topological polar surface area (TPSA) is 74.2 Å². The fourth-order valence-electron chi connectivity index (χ4n) is 4.90. The van der Waals surface area contributed by atoms with E-state index >= 15 is 0 Å². The molecule has 0 radical (unpaired) electrons. The highest BCUT2D eigenvalue weighted by Gasteiger charge is 2.46. The maximum Gasteiger partial charge on any atom is 0.126 e. The van der Waals surface area contributed by atoms with Gasteiger partial charge in [-0.05, 0) is 84.8 Å². The zero-order valence-corrected chi connectivity index (χ0v) is 21.5. The number of nitrogens with two attached hydrogens (primary N) is 1. The maximum absolute atomic E-state index is 10.1. The average Bonchev–Trinajstić information content (AvgIpc) is 2.78. The molecule has 2 aromatic rings. The van der Waals surface area contributed by atoms with Gasteiger partial charge in [0.2, 0.25) is 0 Å². The van der Waals surface area contributed by atoms with Crippen LogP contribution in [0.1, 0.15) is 68.6 Å². The molecule has 0 bridgehead atoms. The molecule has 2 aliphatic rings. The molecule has 182 valence electrons. The Bertz CT molecular complexity index is 1160. The molecule has 0 aromatic heterocycles. The smallest absolute Gasteiger partial charge is 0.126 e. The Labute approximate surface area is 214 Å². The molecule has 35 heavy (non-hydrogen) atoms. The molecule has 0 unspecified atom stereocenters. The summed E-state index contributed by atoms with van der Waals surface area (Å²) < 4.78 is 0. The summed E-state index contributed by atoms with van der Waals surface area (Å²) in [6, 6.07) is 19.2. The number of hydrogen-bond acceptors (Lipinski definition) is 4. The third-order valence-corrected chi connectivity index (χ3v) is 7.27. The first-order valence-corrected chi connectivity index (χ1v) is 13.0. The lowest BCUT2D eigenvalue weighted by Gasteiger charge is -2.45. The van der Waals surface area contributed by atoms with E-state index in [2.05, 4.69) is 55.6 Å². The highest BCUT2D eigenvalue weighted by atomic mass is 35.5. The van der Waals surface area contributed by atoms with Crippen molar-refractivity contribution in [3.05, 3.63) is 93.3 Å². The van der Waals surface area contributed by atoms with Gasteiger partial charge in [-0.3, -0.25) is 4.99 Å². The molecule has 2 aliphatic carbocycles. The summed E-state index contributed by atoms with van der Waals surface area (Å²) in [5.41, 5.74) is 12.4. The largest absolute Gasteiger partial charge is 0.404 e. The van der Waals surface area contributed by atoms with Crippen LogP contribution in [-0.2, 0) is 13.0 Å². The molecular weight excluding hydrogens is 452 g/mol. The van der Waals surface area contributed by atoms with Gasteiger partial charge in [-0.15, -0.1) is 0 Å². The van der Waals surface area contributed by atoms with Crippen molar-refractivity contribution in [2.75, 3.05) is 0 Å². The first kappa shape index (κ1) is 25.1. The molecule has 4 rings (SSSR count). The van der Waals surface area contributed by atoms with Gasteiger partial charge < -0.3 is 11.1 Å². The number of halogens is 1. The van der Waals surface area contributed by atoms with Gasteiger partial charge in [0.1, 0.15) is 5.54 Å². The Kier molecular flexibility index (Phi) is 7.98. The highest BCUT2D eigenvalue weighted by Crippen LogP contribution is 2.46. The van der Waals surface area contributed by atoms with Crippen LogP contribution in [0.5, 0.6) is 0 Å². The Balaban J connectivity index is 1.44. The van der Waals surface area contributed by atoms with Crippen molar-refractivity contribution in [2.24, 2.45) is 16.6 Å². The minimum absolute atomic E-state index is 0.325. The van der Waals surface area contributed by atoms with Crippen LogP contribution in [0.15, 0.2) is 76.6 Å². The van der Waals surface area contributed by atoms with Gasteiger partial charge in [0, 0.05) is 28.7 Å². The Hall–Kier alpha value is -3.03. The molecule has 0 spiro atoms. The average molecular weight is 487 g/mol. The number of nitriles is 1. The minimum atomic E-state index is -0.598. The second-order valence-corrected chi connectivity index (χ2v) is 10.8. The zero-order valence-electron chi connectivity index (χ0n) is 20.7. The lowest BCUT2D eigenvalue weighted by molar-refractivity contribution is 0.231. The van der Waals surface area contributed by atoms with Gasteiger partial charge in [0.05, 0.1) is 12.6 Å². The number of aliphatic imine (C=N–C) groups is 1. The van der Waals surface area contributed by atoms with Crippen molar-refractivity contribution in [3.8, 4) is 6.07 Å². The second-order valence-electron chi connectivity index (χ2n) is 10.3. The molecule has 5 heteroatoms. The number of nitrogens with zero attached hydrogens (tertiary/aromatic N) is 2. The van der Waals surface area contributed by atoms with Crippen LogP contribution in [0.3, 0.4) is 0 Å². The van der Waals surface area contributed by atoms with E-state index in [4.69, 9.17) is 22.3 Å². The molecule has 3 N–H and O–H groups in total. The fraction of sp³-hybridized carbons (Fsp3) is 0.400. The van der Waals surface area contributed by atoms with E-state index in [9.17, 15) is 5.26 Å². The highest BCUT2D eigenvalue weighted by molar-refractivity contribution is 6.30. The van der Waals surface area contributed by atoms with E-state index in [0.29, 0.717) is 18.4 Å². The Morgan fingerprint density at radius 3 is 2.49 bits per heavy atom. The Morgan fingerprint density at radius 2 is 1.91 bits per heavy atom. The molecule has 2 fully saturated rings. The zero-order chi connectivity index (χ0) is 24.8. The summed E-state index contributed by atoms with van der Waals surface area (Å²) in [5.74, 6) is 0.973. The summed E-state index contributed by atoms with van der Waals surface area (Å²) >= 11 is 6.18. The molecule has 2 aromatic carbocycles. The van der Waals surface area contributed by atoms with E-state index < -0.39 is 5.54 Å². The van der Waals surface area contributed by atoms with Crippen molar-refractivity contribution in [1.82, 2.24) is 5.32 Å². The van der Waals surface area contributed by atoms with Gasteiger partial charge >= 0.3 is 0 Å². The van der Waals surface area contributed by atoms with Crippen molar-refractivity contribution in [1.29, 1.82) is 5.26 Å². The molecular formula is C30H35ClN4. The van der Waals surface area contributed by atoms with Crippen molar-refractivity contribution < 1.29 is 0 Å². The van der Waals surface area contributed by atoms with Crippen LogP contribution >= 0.6 is 11.6 Å². The Morgan fingerprint density at radius 1 is 1.20 bits per heavy atom. The molecule has 0 atom stereocenters. The monoisotopic (exact) mass is 486 g/mol. The minimum Gasteiger partial charge on any atom is -0.404 e. The summed E-state index contributed by atoms with van der Waals surface area (Å²) in [6.07, 6.45) is 9.29. The first-order valence-electron chi connectivity index (χ1n) is 12.6. The van der Waals surface area contributed by atoms with Gasteiger partial charge in [0.25, 0.3) is 0 Å². The number of nitrogens with one attached hydrogen (secondary N) is 1. The standard InChI is InChI=1S/C30H35ClN4/c1-21(2)13-22-9-11-23(12-10-22)18-34-19-27(17-32)29(24-5-3-6-24)35-30(20-33)15-26(16-30)25-7-4-8-28(31)14-25/h4,7-12,14,17,19,21,26,35H,3,5-6,13,15-16,18,32H2,1-2H3/b27-17+,34-19?. The fourth-order valence-corrected chi connectivity index (χ4v) is 5.10. The van der Waals surface area contributed by atoms with Crippen LogP contribution in [0.25, 0.3) is 0 Å². The number of rotatable bonds is 9. The van der Waals surface area contributed by atoms with Crippen molar-refractivity contribution >= 4 is 17.8 Å². The van der Waals surface area contributed by atoms with E-state index in [1.807, 2.05) is 24.4 Å². The summed E-state index contributed by atoms with van der Waals surface area (Å²) in [6.45, 7) is 5.07. The van der Waals surface area contributed by atoms with Crippen molar-refractivity contribution in [3.63, 3.8) is 0 Å². The third-order valence-electron chi connectivity index (χ3n) is 7.04. The van der Waals surface area contributed by atoms with E-state index in [1.54, 1.807) is 6.20 Å². The van der Waals surface area contributed by atoms with Crippen molar-refractivity contribution in [2.45, 2.75) is 70.4 Å². The van der Waals surface area contributed by atoms with Crippen LogP contribution in [0.4, 0.5) is 0 Å². The van der Waals surface area contributed by atoms with Gasteiger partial charge in [-0.1, -0.05) is 61.8 Å². The van der Waals surface area contributed by atoms with Gasteiger partial charge in [-0.25, -0.2) is 0 Å². The van der Waals surface area contributed by atoms with Gasteiger partial charge in [-0.2, -0.15) is 5.26 Å². The predicted molar refractivity (Wildman–Crippen MR) is 145 cm³/mol. The number of hydrogen-bond donors (Lipinski definition) is 2. The van der Waals surface area contributed by atoms with Crippen LogP contribution in [0, 0.1) is 17.2 Å². The third kappa shape index (κ3) is 6.16. The van der Waals surface area contributed by atoms with E-state index in [-0.39, 0.29) is 0 Å². The SMILES string of the molecule is CC(C)Cc1ccc(CN=C/C(=C\N)C(NC2(C#N)CC(c3cccc(Cl)c3)C2)=C2CCC2)cc1. The van der Waals surface area contributed by atoms with Gasteiger partial charge in [0.15, 0.2) is 0 Å². The molecule has 4 nitrogen and oxygen atoms in total. The van der Waals surface area contributed by atoms with Crippen LogP contribution in [-0.4, -0.2) is 11.8 Å².